The summed E-state index contributed by atoms with van der Waals surface area (Å²) in [6, 6.07) is 10.3. The van der Waals surface area contributed by atoms with Crippen molar-refractivity contribution in [3.8, 4) is 0 Å². The third-order valence-corrected chi connectivity index (χ3v) is 5.78. The highest BCUT2D eigenvalue weighted by Gasteiger charge is 2.16. The molecule has 0 bridgehead atoms. The highest BCUT2D eigenvalue weighted by Crippen LogP contribution is 2.26. The molecule has 5 rings (SSSR count). The molecular formula is C22H27N7O2. The first-order valence-corrected chi connectivity index (χ1v) is 10.8. The molecule has 4 heterocycles. The first kappa shape index (κ1) is 19.8. The molecule has 0 radical (unpaired) electrons. The minimum Gasteiger partial charge on any atom is -0.378 e. The van der Waals surface area contributed by atoms with Crippen LogP contribution in [0.4, 0.5) is 23.0 Å². The fourth-order valence-electron chi connectivity index (χ4n) is 4.15. The number of anilines is 4. The van der Waals surface area contributed by atoms with Crippen LogP contribution in [0.3, 0.4) is 0 Å². The van der Waals surface area contributed by atoms with Gasteiger partial charge in [-0.1, -0.05) is 0 Å². The van der Waals surface area contributed by atoms with Gasteiger partial charge in [0, 0.05) is 43.1 Å². The third-order valence-electron chi connectivity index (χ3n) is 5.78. The molecule has 0 aliphatic carbocycles. The first-order chi connectivity index (χ1) is 15.3. The lowest BCUT2D eigenvalue weighted by molar-refractivity contribution is 0.122. The molecule has 2 aliphatic heterocycles. The quantitative estimate of drug-likeness (QED) is 0.496. The summed E-state index contributed by atoms with van der Waals surface area (Å²) in [4.78, 5) is 26.6. The molecule has 0 unspecified atom stereocenters. The number of nitrogens with one attached hydrogen (secondary N) is 4. The Morgan fingerprint density at radius 2 is 2.00 bits per heavy atom. The van der Waals surface area contributed by atoms with E-state index in [0.29, 0.717) is 28.6 Å². The molecule has 0 spiro atoms. The van der Waals surface area contributed by atoms with Crippen molar-refractivity contribution in [2.75, 3.05) is 54.9 Å². The van der Waals surface area contributed by atoms with Gasteiger partial charge in [0.15, 0.2) is 0 Å². The predicted molar refractivity (Wildman–Crippen MR) is 122 cm³/mol. The SMILES string of the molecule is O=c1[nH]cnc2cc(N[C@H]3CCCNC3)nc(Nc3ccc(N4CCOCC4)cc3)c12. The highest BCUT2D eigenvalue weighted by molar-refractivity contribution is 5.92. The molecule has 2 aromatic heterocycles. The maximum atomic E-state index is 12.5. The molecule has 2 aliphatic rings. The van der Waals surface area contributed by atoms with Crippen molar-refractivity contribution in [1.29, 1.82) is 0 Å². The molecular weight excluding hydrogens is 394 g/mol. The number of piperidine rings is 1. The minimum absolute atomic E-state index is 0.212. The molecule has 9 nitrogen and oxygen atoms in total. The summed E-state index contributed by atoms with van der Waals surface area (Å²) in [5.74, 6) is 1.21. The predicted octanol–water partition coefficient (Wildman–Crippen LogP) is 2.06. The Hall–Kier alpha value is -3.17. The number of fused-ring (bicyclic) bond motifs is 1. The van der Waals surface area contributed by atoms with Crippen molar-refractivity contribution in [3.63, 3.8) is 0 Å². The van der Waals surface area contributed by atoms with Crippen molar-refractivity contribution >= 4 is 33.9 Å². The Kier molecular flexibility index (Phi) is 5.68. The molecule has 2 fully saturated rings. The standard InChI is InChI=1S/C22H27N7O2/c30-22-20-18(24-14-25-22)12-19(26-16-2-1-7-23-13-16)28-21(20)27-15-3-5-17(6-4-15)29-8-10-31-11-9-29/h3-6,12,14,16,23H,1-2,7-11,13H2,(H,24,25,30)(H2,26,27,28)/t16-/m0/s1. The average Bonchev–Trinajstić information content (AvgIpc) is 2.81. The largest absolute Gasteiger partial charge is 0.378 e. The van der Waals surface area contributed by atoms with Crippen LogP contribution < -0.4 is 26.4 Å². The van der Waals surface area contributed by atoms with Crippen LogP contribution in [-0.2, 0) is 4.74 Å². The molecule has 31 heavy (non-hydrogen) atoms. The Labute approximate surface area is 180 Å². The van der Waals surface area contributed by atoms with Crippen molar-refractivity contribution in [1.82, 2.24) is 20.3 Å². The van der Waals surface area contributed by atoms with Gasteiger partial charge in [-0.25, -0.2) is 9.97 Å². The summed E-state index contributed by atoms with van der Waals surface area (Å²) < 4.78 is 5.43. The second-order valence-electron chi connectivity index (χ2n) is 7.94. The van der Waals surface area contributed by atoms with Crippen LogP contribution in [0.1, 0.15) is 12.8 Å². The van der Waals surface area contributed by atoms with Crippen molar-refractivity contribution in [2.45, 2.75) is 18.9 Å². The Balaban J connectivity index is 1.42. The van der Waals surface area contributed by atoms with E-state index in [4.69, 9.17) is 9.72 Å². The van der Waals surface area contributed by atoms with E-state index in [0.717, 1.165) is 63.6 Å². The monoisotopic (exact) mass is 421 g/mol. The van der Waals surface area contributed by atoms with Crippen LogP contribution in [0.5, 0.6) is 0 Å². The lowest BCUT2D eigenvalue weighted by atomic mass is 10.1. The highest BCUT2D eigenvalue weighted by atomic mass is 16.5. The summed E-state index contributed by atoms with van der Waals surface area (Å²) in [7, 11) is 0. The number of benzene rings is 1. The van der Waals surface area contributed by atoms with E-state index < -0.39 is 0 Å². The van der Waals surface area contributed by atoms with Gasteiger partial charge in [-0.2, -0.15) is 0 Å². The number of H-pyrrole nitrogens is 1. The fourth-order valence-corrected chi connectivity index (χ4v) is 4.15. The second-order valence-corrected chi connectivity index (χ2v) is 7.94. The first-order valence-electron chi connectivity index (χ1n) is 10.8. The Morgan fingerprint density at radius 1 is 1.16 bits per heavy atom. The average molecular weight is 422 g/mol. The number of ether oxygens (including phenoxy) is 1. The Morgan fingerprint density at radius 3 is 2.77 bits per heavy atom. The number of rotatable bonds is 5. The van der Waals surface area contributed by atoms with Gasteiger partial charge in [0.2, 0.25) is 0 Å². The molecule has 0 amide bonds. The van der Waals surface area contributed by atoms with E-state index >= 15 is 0 Å². The van der Waals surface area contributed by atoms with Crippen LogP contribution >= 0.6 is 0 Å². The zero-order valence-corrected chi connectivity index (χ0v) is 17.4. The molecule has 0 saturated carbocycles. The number of aromatic amines is 1. The number of hydrogen-bond donors (Lipinski definition) is 4. The van der Waals surface area contributed by atoms with Gasteiger partial charge >= 0.3 is 0 Å². The van der Waals surface area contributed by atoms with E-state index in [9.17, 15) is 4.79 Å². The third kappa shape index (κ3) is 4.47. The molecule has 4 N–H and O–H groups in total. The smallest absolute Gasteiger partial charge is 0.262 e. The minimum atomic E-state index is -0.212. The van der Waals surface area contributed by atoms with Gasteiger partial charge in [0.05, 0.1) is 25.1 Å². The number of nitrogens with zero attached hydrogens (tertiary/aromatic N) is 3. The molecule has 1 atom stereocenters. The second kappa shape index (κ2) is 8.91. The Bertz CT molecular complexity index is 1090. The summed E-state index contributed by atoms with van der Waals surface area (Å²) in [6.07, 6.45) is 3.64. The molecule has 162 valence electrons. The lowest BCUT2D eigenvalue weighted by Crippen LogP contribution is -2.38. The molecule has 9 heteroatoms. The van der Waals surface area contributed by atoms with E-state index in [1.54, 1.807) is 0 Å². The van der Waals surface area contributed by atoms with Crippen LogP contribution in [0, 0.1) is 0 Å². The van der Waals surface area contributed by atoms with Crippen LogP contribution in [-0.4, -0.2) is 60.4 Å². The number of morpholine rings is 1. The summed E-state index contributed by atoms with van der Waals surface area (Å²) >= 11 is 0. The van der Waals surface area contributed by atoms with Crippen LogP contribution in [0.25, 0.3) is 10.9 Å². The van der Waals surface area contributed by atoms with Gasteiger partial charge in [-0.15, -0.1) is 0 Å². The van der Waals surface area contributed by atoms with Crippen LogP contribution in [0.2, 0.25) is 0 Å². The maximum absolute atomic E-state index is 12.5. The van der Waals surface area contributed by atoms with Crippen LogP contribution in [0.15, 0.2) is 41.5 Å². The summed E-state index contributed by atoms with van der Waals surface area (Å²) in [5, 5.41) is 10.7. The summed E-state index contributed by atoms with van der Waals surface area (Å²) in [5.41, 5.74) is 2.42. The van der Waals surface area contributed by atoms with Gasteiger partial charge in [0.25, 0.3) is 5.56 Å². The van der Waals surface area contributed by atoms with Crippen molar-refractivity contribution < 1.29 is 4.74 Å². The van der Waals surface area contributed by atoms with Gasteiger partial charge in [0.1, 0.15) is 17.0 Å². The van der Waals surface area contributed by atoms with Crippen molar-refractivity contribution in [3.05, 3.63) is 47.0 Å². The van der Waals surface area contributed by atoms with E-state index in [1.165, 1.54) is 6.33 Å². The molecule has 3 aromatic rings. The van der Waals surface area contributed by atoms with E-state index in [1.807, 2.05) is 18.2 Å². The number of hydrogen-bond acceptors (Lipinski definition) is 8. The molecule has 1 aromatic carbocycles. The number of aromatic nitrogens is 3. The lowest BCUT2D eigenvalue weighted by Gasteiger charge is -2.29. The summed E-state index contributed by atoms with van der Waals surface area (Å²) in [6.45, 7) is 5.24. The van der Waals surface area contributed by atoms with Gasteiger partial charge in [-0.3, -0.25) is 4.79 Å². The molecule has 2 saturated heterocycles. The fraction of sp³-hybridized carbons (Fsp3) is 0.409. The van der Waals surface area contributed by atoms with Gasteiger partial charge in [-0.05, 0) is 43.7 Å². The topological polar surface area (TPSA) is 107 Å². The van der Waals surface area contributed by atoms with E-state index in [2.05, 4.69) is 43.0 Å². The maximum Gasteiger partial charge on any atom is 0.262 e. The normalized spacial score (nSPS) is 19.4. The van der Waals surface area contributed by atoms with Gasteiger partial charge < -0.3 is 30.6 Å². The number of pyridine rings is 1. The zero-order valence-electron chi connectivity index (χ0n) is 17.4. The van der Waals surface area contributed by atoms with Crippen molar-refractivity contribution in [2.24, 2.45) is 0 Å². The zero-order chi connectivity index (χ0) is 21.0. The van der Waals surface area contributed by atoms with E-state index in [-0.39, 0.29) is 5.56 Å².